The predicted molar refractivity (Wildman–Crippen MR) is 92.1 cm³/mol. The quantitative estimate of drug-likeness (QED) is 0.800. The van der Waals surface area contributed by atoms with E-state index in [0.29, 0.717) is 23.7 Å². The maximum absolute atomic E-state index is 12.6. The number of rotatable bonds is 4. The van der Waals surface area contributed by atoms with Gasteiger partial charge >= 0.3 is 0 Å². The molecule has 0 aliphatic heterocycles. The maximum Gasteiger partial charge on any atom is 0.252 e. The van der Waals surface area contributed by atoms with Gasteiger partial charge < -0.3 is 5.32 Å². The van der Waals surface area contributed by atoms with Crippen molar-refractivity contribution in [3.63, 3.8) is 0 Å². The number of fused-ring (bicyclic) bond motifs is 1. The highest BCUT2D eigenvalue weighted by molar-refractivity contribution is 6.07. The lowest BCUT2D eigenvalue weighted by Gasteiger charge is -2.11. The van der Waals surface area contributed by atoms with Crippen molar-refractivity contribution in [1.82, 2.24) is 15.3 Å². The number of hydrogen-bond donors (Lipinski definition) is 1. The molecule has 4 nitrogen and oxygen atoms in total. The number of carbonyl (C=O) groups excluding carboxylic acids is 1. The fraction of sp³-hybridized carbons (Fsp3) is 0.211. The van der Waals surface area contributed by atoms with E-state index in [9.17, 15) is 4.79 Å². The van der Waals surface area contributed by atoms with Crippen LogP contribution in [0.15, 0.2) is 54.7 Å². The molecule has 2 heterocycles. The van der Waals surface area contributed by atoms with Gasteiger partial charge in [-0.2, -0.15) is 0 Å². The van der Waals surface area contributed by atoms with Gasteiger partial charge in [-0.15, -0.1) is 0 Å². The van der Waals surface area contributed by atoms with Gasteiger partial charge in [0.25, 0.3) is 5.91 Å². The van der Waals surface area contributed by atoms with Gasteiger partial charge in [-0.25, -0.2) is 4.98 Å². The molecule has 3 aromatic rings. The first-order chi connectivity index (χ1) is 11.1. The van der Waals surface area contributed by atoms with Crippen LogP contribution in [0.3, 0.4) is 0 Å². The Bertz CT molecular complexity index is 828. The van der Waals surface area contributed by atoms with E-state index in [1.165, 1.54) is 0 Å². The summed E-state index contributed by atoms with van der Waals surface area (Å²) in [7, 11) is 0. The molecular weight excluding hydrogens is 286 g/mol. The highest BCUT2D eigenvalue weighted by Gasteiger charge is 2.14. The first-order valence-electron chi connectivity index (χ1n) is 7.74. The molecule has 0 aliphatic rings. The van der Waals surface area contributed by atoms with E-state index in [0.717, 1.165) is 16.6 Å². The van der Waals surface area contributed by atoms with Crippen LogP contribution in [0.2, 0.25) is 0 Å². The van der Waals surface area contributed by atoms with E-state index in [2.05, 4.69) is 29.1 Å². The molecule has 4 heteroatoms. The first kappa shape index (κ1) is 15.2. The average Bonchev–Trinajstić information content (AvgIpc) is 2.59. The van der Waals surface area contributed by atoms with Gasteiger partial charge in [-0.3, -0.25) is 9.78 Å². The molecule has 0 spiro atoms. The minimum absolute atomic E-state index is 0.0746. The molecule has 23 heavy (non-hydrogen) atoms. The van der Waals surface area contributed by atoms with Crippen molar-refractivity contribution in [3.8, 4) is 11.4 Å². The van der Waals surface area contributed by atoms with Gasteiger partial charge in [0, 0.05) is 18.1 Å². The van der Waals surface area contributed by atoms with E-state index >= 15 is 0 Å². The second-order valence-corrected chi connectivity index (χ2v) is 5.89. The van der Waals surface area contributed by atoms with Crippen molar-refractivity contribution in [1.29, 1.82) is 0 Å². The standard InChI is InChI=1S/C19H19N3O/c1-13(2)12-21-19(23)15-11-18(17-9-5-6-10-20-17)22-16-8-4-3-7-14(15)16/h3-11,13H,12H2,1-2H3,(H,21,23). The lowest BCUT2D eigenvalue weighted by Crippen LogP contribution is -2.27. The van der Waals surface area contributed by atoms with Crippen molar-refractivity contribution in [2.24, 2.45) is 5.92 Å². The smallest absolute Gasteiger partial charge is 0.252 e. The van der Waals surface area contributed by atoms with Crippen LogP contribution in [-0.4, -0.2) is 22.4 Å². The highest BCUT2D eigenvalue weighted by Crippen LogP contribution is 2.23. The summed E-state index contributed by atoms with van der Waals surface area (Å²) < 4.78 is 0. The van der Waals surface area contributed by atoms with Crippen LogP contribution in [-0.2, 0) is 0 Å². The molecular formula is C19H19N3O. The molecule has 3 rings (SSSR count). The van der Waals surface area contributed by atoms with Crippen molar-refractivity contribution in [3.05, 3.63) is 60.3 Å². The van der Waals surface area contributed by atoms with Crippen LogP contribution in [0.1, 0.15) is 24.2 Å². The number of nitrogens with one attached hydrogen (secondary N) is 1. The zero-order valence-electron chi connectivity index (χ0n) is 13.3. The molecule has 0 atom stereocenters. The Balaban J connectivity index is 2.09. The van der Waals surface area contributed by atoms with Crippen LogP contribution < -0.4 is 5.32 Å². The number of para-hydroxylation sites is 1. The number of aromatic nitrogens is 2. The normalized spacial score (nSPS) is 10.9. The topological polar surface area (TPSA) is 54.9 Å². The zero-order chi connectivity index (χ0) is 16.2. The average molecular weight is 305 g/mol. The Morgan fingerprint density at radius 2 is 1.87 bits per heavy atom. The summed E-state index contributed by atoms with van der Waals surface area (Å²) in [5.41, 5.74) is 2.90. The zero-order valence-corrected chi connectivity index (χ0v) is 13.3. The van der Waals surface area contributed by atoms with E-state index in [1.54, 1.807) is 6.20 Å². The molecule has 0 aliphatic carbocycles. The molecule has 1 N–H and O–H groups in total. The fourth-order valence-corrected chi connectivity index (χ4v) is 2.40. The predicted octanol–water partition coefficient (Wildman–Crippen LogP) is 3.68. The van der Waals surface area contributed by atoms with Crippen LogP contribution in [0, 0.1) is 5.92 Å². The Kier molecular flexibility index (Phi) is 4.33. The molecule has 116 valence electrons. The molecule has 0 unspecified atom stereocenters. The summed E-state index contributed by atoms with van der Waals surface area (Å²) in [6.45, 7) is 4.79. The molecule has 0 radical (unpaired) electrons. The molecule has 0 saturated carbocycles. The van der Waals surface area contributed by atoms with Crippen LogP contribution in [0.4, 0.5) is 0 Å². The third kappa shape index (κ3) is 3.37. The molecule has 0 bridgehead atoms. The third-order valence-corrected chi connectivity index (χ3v) is 3.56. The summed E-state index contributed by atoms with van der Waals surface area (Å²) in [6.07, 6.45) is 1.73. The van der Waals surface area contributed by atoms with Gasteiger partial charge in [0.1, 0.15) is 0 Å². The van der Waals surface area contributed by atoms with E-state index in [-0.39, 0.29) is 5.91 Å². The highest BCUT2D eigenvalue weighted by atomic mass is 16.1. The second-order valence-electron chi connectivity index (χ2n) is 5.89. The van der Waals surface area contributed by atoms with Crippen LogP contribution in [0.25, 0.3) is 22.3 Å². The van der Waals surface area contributed by atoms with E-state index in [4.69, 9.17) is 0 Å². The number of nitrogens with zero attached hydrogens (tertiary/aromatic N) is 2. The monoisotopic (exact) mass is 305 g/mol. The van der Waals surface area contributed by atoms with Crippen molar-refractivity contribution < 1.29 is 4.79 Å². The number of amides is 1. The van der Waals surface area contributed by atoms with E-state index in [1.807, 2.05) is 48.5 Å². The van der Waals surface area contributed by atoms with Crippen LogP contribution in [0.5, 0.6) is 0 Å². The lowest BCUT2D eigenvalue weighted by molar-refractivity contribution is 0.0950. The maximum atomic E-state index is 12.6. The summed E-state index contributed by atoms with van der Waals surface area (Å²) in [5.74, 6) is 0.330. The Hall–Kier alpha value is -2.75. The Labute approximate surface area is 135 Å². The van der Waals surface area contributed by atoms with Crippen LogP contribution >= 0.6 is 0 Å². The Morgan fingerprint density at radius 1 is 1.09 bits per heavy atom. The number of carbonyl (C=O) groups is 1. The number of hydrogen-bond acceptors (Lipinski definition) is 3. The van der Waals surface area contributed by atoms with Gasteiger partial charge in [-0.1, -0.05) is 38.1 Å². The van der Waals surface area contributed by atoms with Gasteiger partial charge in [0.15, 0.2) is 0 Å². The SMILES string of the molecule is CC(C)CNC(=O)c1cc(-c2ccccn2)nc2ccccc12. The van der Waals surface area contributed by atoms with E-state index < -0.39 is 0 Å². The first-order valence-corrected chi connectivity index (χ1v) is 7.74. The summed E-state index contributed by atoms with van der Waals surface area (Å²) in [4.78, 5) is 21.6. The van der Waals surface area contributed by atoms with Crippen molar-refractivity contribution in [2.75, 3.05) is 6.54 Å². The second kappa shape index (κ2) is 6.57. The van der Waals surface area contributed by atoms with Crippen molar-refractivity contribution in [2.45, 2.75) is 13.8 Å². The summed E-state index contributed by atoms with van der Waals surface area (Å²) >= 11 is 0. The molecule has 0 fully saturated rings. The minimum Gasteiger partial charge on any atom is -0.352 e. The third-order valence-electron chi connectivity index (χ3n) is 3.56. The molecule has 2 aromatic heterocycles. The molecule has 1 aromatic carbocycles. The largest absolute Gasteiger partial charge is 0.352 e. The number of pyridine rings is 2. The summed E-state index contributed by atoms with van der Waals surface area (Å²) in [5, 5.41) is 3.84. The van der Waals surface area contributed by atoms with Gasteiger partial charge in [0.05, 0.1) is 22.5 Å². The molecule has 1 amide bonds. The van der Waals surface area contributed by atoms with Gasteiger partial charge in [-0.05, 0) is 30.2 Å². The fourth-order valence-electron chi connectivity index (χ4n) is 2.40. The number of benzene rings is 1. The summed E-state index contributed by atoms with van der Waals surface area (Å²) in [6, 6.07) is 15.2. The molecule has 0 saturated heterocycles. The van der Waals surface area contributed by atoms with Crippen molar-refractivity contribution >= 4 is 16.8 Å². The lowest BCUT2D eigenvalue weighted by atomic mass is 10.1. The minimum atomic E-state index is -0.0746. The van der Waals surface area contributed by atoms with Gasteiger partial charge in [0.2, 0.25) is 0 Å². The Morgan fingerprint density at radius 3 is 2.61 bits per heavy atom.